The van der Waals surface area contributed by atoms with Gasteiger partial charge in [-0.15, -0.1) is 0 Å². The summed E-state index contributed by atoms with van der Waals surface area (Å²) in [5.41, 5.74) is 2.42. The zero-order chi connectivity index (χ0) is 16.4. The summed E-state index contributed by atoms with van der Waals surface area (Å²) in [4.78, 5) is 20.8. The van der Waals surface area contributed by atoms with E-state index in [1.807, 2.05) is 45.2 Å². The summed E-state index contributed by atoms with van der Waals surface area (Å²) in [6.45, 7) is 4.44. The molecular formula is C17H20N4O2. The molecule has 2 aromatic heterocycles. The average Bonchev–Trinajstić information content (AvgIpc) is 3.13. The van der Waals surface area contributed by atoms with Crippen molar-refractivity contribution in [3.63, 3.8) is 0 Å². The molecule has 0 bridgehead atoms. The average molecular weight is 312 g/mol. The number of rotatable bonds is 5. The molecule has 3 aromatic rings. The number of oxazole rings is 1. The number of benzene rings is 1. The van der Waals surface area contributed by atoms with E-state index in [1.165, 1.54) is 6.39 Å². The van der Waals surface area contributed by atoms with Gasteiger partial charge in [-0.2, -0.15) is 0 Å². The van der Waals surface area contributed by atoms with Crippen LogP contribution in [0.5, 0.6) is 0 Å². The van der Waals surface area contributed by atoms with E-state index >= 15 is 0 Å². The van der Waals surface area contributed by atoms with Crippen molar-refractivity contribution in [3.05, 3.63) is 47.9 Å². The molecule has 23 heavy (non-hydrogen) atoms. The molecule has 3 rings (SSSR count). The summed E-state index contributed by atoms with van der Waals surface area (Å²) in [5.74, 6) is 1.47. The van der Waals surface area contributed by atoms with E-state index in [0.717, 1.165) is 16.9 Å². The molecule has 0 atom stereocenters. The number of amides is 1. The zero-order valence-electron chi connectivity index (χ0n) is 13.5. The standard InChI is InChI=1S/C17H20N4O2/c1-11(2)16-15(19-10-23-16)17(22)18-9-8-14-20-12-6-4-5-7-13(12)21(14)3/h4-7,10-11H,8-9H2,1-3H3,(H,18,22). The SMILES string of the molecule is CC(C)c1ocnc1C(=O)NCCc1nc2ccccc2n1C. The van der Waals surface area contributed by atoms with E-state index in [2.05, 4.69) is 19.9 Å². The van der Waals surface area contributed by atoms with E-state index in [0.29, 0.717) is 24.4 Å². The van der Waals surface area contributed by atoms with Gasteiger partial charge in [-0.25, -0.2) is 9.97 Å². The molecule has 1 N–H and O–H groups in total. The lowest BCUT2D eigenvalue weighted by atomic mass is 10.1. The normalized spacial score (nSPS) is 11.3. The van der Waals surface area contributed by atoms with Crippen molar-refractivity contribution in [2.45, 2.75) is 26.2 Å². The minimum absolute atomic E-state index is 0.123. The lowest BCUT2D eigenvalue weighted by Gasteiger charge is -2.06. The quantitative estimate of drug-likeness (QED) is 0.786. The van der Waals surface area contributed by atoms with Crippen LogP contribution in [0, 0.1) is 0 Å². The van der Waals surface area contributed by atoms with Crippen LogP contribution in [0.3, 0.4) is 0 Å². The van der Waals surface area contributed by atoms with Gasteiger partial charge in [-0.1, -0.05) is 26.0 Å². The first kappa shape index (κ1) is 15.3. The number of para-hydroxylation sites is 2. The third kappa shape index (κ3) is 2.97. The van der Waals surface area contributed by atoms with Gasteiger partial charge in [-0.3, -0.25) is 4.79 Å². The van der Waals surface area contributed by atoms with Gasteiger partial charge < -0.3 is 14.3 Å². The fourth-order valence-corrected chi connectivity index (χ4v) is 2.63. The molecule has 0 unspecified atom stereocenters. The molecule has 6 nitrogen and oxygen atoms in total. The third-order valence-electron chi connectivity index (χ3n) is 3.85. The molecule has 2 heterocycles. The van der Waals surface area contributed by atoms with Crippen LogP contribution >= 0.6 is 0 Å². The Morgan fingerprint density at radius 2 is 2.13 bits per heavy atom. The second-order valence-electron chi connectivity index (χ2n) is 5.80. The van der Waals surface area contributed by atoms with Gasteiger partial charge in [0.2, 0.25) is 0 Å². The first-order chi connectivity index (χ1) is 11.1. The maximum Gasteiger partial charge on any atom is 0.273 e. The summed E-state index contributed by atoms with van der Waals surface area (Å²) in [6.07, 6.45) is 1.97. The van der Waals surface area contributed by atoms with Gasteiger partial charge in [0.1, 0.15) is 11.6 Å². The topological polar surface area (TPSA) is 73.0 Å². The van der Waals surface area contributed by atoms with Crippen molar-refractivity contribution in [1.82, 2.24) is 19.9 Å². The molecule has 0 aliphatic carbocycles. The molecule has 6 heteroatoms. The Balaban J connectivity index is 1.65. The number of carbonyl (C=O) groups is 1. The monoisotopic (exact) mass is 312 g/mol. The van der Waals surface area contributed by atoms with Crippen LogP contribution in [0.4, 0.5) is 0 Å². The molecule has 0 spiro atoms. The predicted octanol–water partition coefficient (Wildman–Crippen LogP) is 2.66. The Morgan fingerprint density at radius 3 is 2.87 bits per heavy atom. The number of hydrogen-bond donors (Lipinski definition) is 1. The van der Waals surface area contributed by atoms with Crippen LogP contribution in [0.25, 0.3) is 11.0 Å². The maximum absolute atomic E-state index is 12.2. The number of nitrogens with one attached hydrogen (secondary N) is 1. The van der Waals surface area contributed by atoms with Gasteiger partial charge in [0.05, 0.1) is 11.0 Å². The molecule has 120 valence electrons. The van der Waals surface area contributed by atoms with Crippen molar-refractivity contribution in [2.75, 3.05) is 6.54 Å². The van der Waals surface area contributed by atoms with E-state index in [4.69, 9.17) is 4.42 Å². The minimum Gasteiger partial charge on any atom is -0.447 e. The van der Waals surface area contributed by atoms with Crippen molar-refractivity contribution < 1.29 is 9.21 Å². The molecule has 0 saturated heterocycles. The predicted molar refractivity (Wildman–Crippen MR) is 87.3 cm³/mol. The number of aryl methyl sites for hydroxylation is 1. The second kappa shape index (κ2) is 6.24. The van der Waals surface area contributed by atoms with Gasteiger partial charge in [-0.05, 0) is 12.1 Å². The van der Waals surface area contributed by atoms with E-state index in [9.17, 15) is 4.79 Å². The highest BCUT2D eigenvalue weighted by atomic mass is 16.3. The fourth-order valence-electron chi connectivity index (χ4n) is 2.63. The first-order valence-corrected chi connectivity index (χ1v) is 7.70. The molecule has 1 aromatic carbocycles. The molecule has 0 aliphatic heterocycles. The summed E-state index contributed by atoms with van der Waals surface area (Å²) in [6, 6.07) is 7.99. The number of fused-ring (bicyclic) bond motifs is 1. The number of carbonyl (C=O) groups excluding carboxylic acids is 1. The fraction of sp³-hybridized carbons (Fsp3) is 0.353. The van der Waals surface area contributed by atoms with Crippen molar-refractivity contribution in [3.8, 4) is 0 Å². The molecule has 0 saturated carbocycles. The van der Waals surface area contributed by atoms with Crippen LogP contribution in [0.2, 0.25) is 0 Å². The van der Waals surface area contributed by atoms with E-state index in [-0.39, 0.29) is 11.8 Å². The molecule has 0 aliphatic rings. The third-order valence-corrected chi connectivity index (χ3v) is 3.85. The smallest absolute Gasteiger partial charge is 0.273 e. The van der Waals surface area contributed by atoms with Crippen molar-refractivity contribution in [2.24, 2.45) is 7.05 Å². The van der Waals surface area contributed by atoms with E-state index in [1.54, 1.807) is 0 Å². The first-order valence-electron chi connectivity index (χ1n) is 7.70. The number of hydrogen-bond acceptors (Lipinski definition) is 4. The molecule has 1 amide bonds. The summed E-state index contributed by atoms with van der Waals surface area (Å²) in [5, 5.41) is 2.89. The Kier molecular flexibility index (Phi) is 4.14. The summed E-state index contributed by atoms with van der Waals surface area (Å²) >= 11 is 0. The van der Waals surface area contributed by atoms with Crippen molar-refractivity contribution in [1.29, 1.82) is 0 Å². The number of nitrogens with zero attached hydrogens (tertiary/aromatic N) is 3. The van der Waals surface area contributed by atoms with Crippen LogP contribution < -0.4 is 5.32 Å². The van der Waals surface area contributed by atoms with Gasteiger partial charge in [0.15, 0.2) is 12.1 Å². The molecular weight excluding hydrogens is 292 g/mol. The van der Waals surface area contributed by atoms with Crippen LogP contribution in [-0.2, 0) is 13.5 Å². The lowest BCUT2D eigenvalue weighted by molar-refractivity contribution is 0.0947. The van der Waals surface area contributed by atoms with Crippen molar-refractivity contribution >= 4 is 16.9 Å². The van der Waals surface area contributed by atoms with Crippen LogP contribution in [0.15, 0.2) is 35.1 Å². The Hall–Kier alpha value is -2.63. The van der Waals surface area contributed by atoms with Gasteiger partial charge >= 0.3 is 0 Å². The Labute approximate surface area is 134 Å². The number of imidazole rings is 1. The van der Waals surface area contributed by atoms with Crippen LogP contribution in [-0.4, -0.2) is 27.0 Å². The molecule has 0 radical (unpaired) electrons. The highest BCUT2D eigenvalue weighted by Crippen LogP contribution is 2.18. The van der Waals surface area contributed by atoms with Crippen LogP contribution in [0.1, 0.15) is 41.8 Å². The minimum atomic E-state index is -0.207. The lowest BCUT2D eigenvalue weighted by Crippen LogP contribution is -2.27. The summed E-state index contributed by atoms with van der Waals surface area (Å²) in [7, 11) is 1.99. The maximum atomic E-state index is 12.2. The Bertz CT molecular complexity index is 832. The van der Waals surface area contributed by atoms with Gasteiger partial charge in [0, 0.05) is 25.9 Å². The number of aromatic nitrogens is 3. The second-order valence-corrected chi connectivity index (χ2v) is 5.80. The molecule has 0 fully saturated rings. The van der Waals surface area contributed by atoms with Gasteiger partial charge in [0.25, 0.3) is 5.91 Å². The van der Waals surface area contributed by atoms with E-state index < -0.39 is 0 Å². The highest BCUT2D eigenvalue weighted by Gasteiger charge is 2.18. The Morgan fingerprint density at radius 1 is 1.35 bits per heavy atom. The zero-order valence-corrected chi connectivity index (χ0v) is 13.5. The summed E-state index contributed by atoms with van der Waals surface area (Å²) < 4.78 is 7.34. The largest absolute Gasteiger partial charge is 0.447 e. The highest BCUT2D eigenvalue weighted by molar-refractivity contribution is 5.93.